The molecule has 1 saturated carbocycles. The molecule has 3 atom stereocenters. The Balaban J connectivity index is 1.98. The second kappa shape index (κ2) is 5.35. The maximum absolute atomic E-state index is 11.0. The van der Waals surface area contributed by atoms with Crippen molar-refractivity contribution < 1.29 is 4.79 Å². The summed E-state index contributed by atoms with van der Waals surface area (Å²) in [4.78, 5) is 12.3. The number of rotatable bonds is 2. The molecule has 0 spiro atoms. The lowest BCUT2D eigenvalue weighted by Gasteiger charge is -2.35. The normalized spacial score (nSPS) is 30.8. The fraction of sp³-hybridized carbons (Fsp3) is 0.533. The summed E-state index contributed by atoms with van der Waals surface area (Å²) in [6, 6.07) is 8.77. The highest BCUT2D eigenvalue weighted by atomic mass is 32.2. The van der Waals surface area contributed by atoms with Gasteiger partial charge in [0.2, 0.25) is 6.41 Å². The molecule has 0 bridgehead atoms. The lowest BCUT2D eigenvalue weighted by molar-refractivity contribution is -0.110. The third-order valence-corrected chi connectivity index (χ3v) is 5.63. The first kappa shape index (κ1) is 12.1. The van der Waals surface area contributed by atoms with Crippen molar-refractivity contribution in [1.29, 1.82) is 0 Å². The van der Waals surface area contributed by atoms with Gasteiger partial charge in [0.15, 0.2) is 0 Å². The highest BCUT2D eigenvalue weighted by Gasteiger charge is 2.35. The van der Waals surface area contributed by atoms with Gasteiger partial charge in [0.05, 0.1) is 6.04 Å². The Labute approximate surface area is 113 Å². The third-order valence-electron chi connectivity index (χ3n) is 4.35. The summed E-state index contributed by atoms with van der Waals surface area (Å²) in [6.45, 7) is 0. The average molecular weight is 261 g/mol. The number of nitrogens with one attached hydrogen (secondary N) is 1. The Hall–Kier alpha value is -0.960. The molecule has 3 heteroatoms. The molecule has 3 rings (SSSR count). The van der Waals surface area contributed by atoms with Gasteiger partial charge >= 0.3 is 0 Å². The van der Waals surface area contributed by atoms with Crippen molar-refractivity contribution >= 4 is 18.2 Å². The summed E-state index contributed by atoms with van der Waals surface area (Å²) in [5.41, 5.74) is 1.32. The van der Waals surface area contributed by atoms with Crippen molar-refractivity contribution in [2.24, 2.45) is 11.8 Å². The van der Waals surface area contributed by atoms with E-state index in [1.807, 2.05) is 11.8 Å². The Bertz CT molecular complexity index is 434. The molecule has 2 nitrogen and oxygen atoms in total. The van der Waals surface area contributed by atoms with Crippen LogP contribution in [0.5, 0.6) is 0 Å². The van der Waals surface area contributed by atoms with Gasteiger partial charge in [-0.2, -0.15) is 0 Å². The van der Waals surface area contributed by atoms with Gasteiger partial charge in [-0.05, 0) is 36.3 Å². The highest BCUT2D eigenvalue weighted by molar-refractivity contribution is 7.99. The number of hydrogen-bond donors (Lipinski definition) is 1. The Morgan fingerprint density at radius 3 is 2.94 bits per heavy atom. The minimum Gasteiger partial charge on any atom is -0.352 e. The minimum atomic E-state index is 0.221. The highest BCUT2D eigenvalue weighted by Crippen LogP contribution is 2.46. The van der Waals surface area contributed by atoms with E-state index in [1.165, 1.54) is 41.9 Å². The minimum absolute atomic E-state index is 0.221. The van der Waals surface area contributed by atoms with Crippen LogP contribution in [0, 0.1) is 11.8 Å². The van der Waals surface area contributed by atoms with E-state index in [0.29, 0.717) is 5.92 Å². The summed E-state index contributed by atoms with van der Waals surface area (Å²) in [5.74, 6) is 2.59. The molecule has 18 heavy (non-hydrogen) atoms. The number of amides is 1. The van der Waals surface area contributed by atoms with Gasteiger partial charge in [-0.3, -0.25) is 4.79 Å². The Morgan fingerprint density at radius 2 is 2.06 bits per heavy atom. The molecule has 0 radical (unpaired) electrons. The number of hydrogen-bond acceptors (Lipinski definition) is 2. The second-order valence-corrected chi connectivity index (χ2v) is 6.38. The van der Waals surface area contributed by atoms with Crippen LogP contribution < -0.4 is 5.32 Å². The summed E-state index contributed by atoms with van der Waals surface area (Å²) in [5, 5.41) is 3.09. The monoisotopic (exact) mass is 261 g/mol. The molecule has 96 valence electrons. The van der Waals surface area contributed by atoms with E-state index in [9.17, 15) is 4.79 Å². The fourth-order valence-corrected chi connectivity index (χ4v) is 4.81. The van der Waals surface area contributed by atoms with Gasteiger partial charge in [0.1, 0.15) is 0 Å². The number of benzene rings is 1. The smallest absolute Gasteiger partial charge is 0.207 e. The van der Waals surface area contributed by atoms with Gasteiger partial charge in [-0.15, -0.1) is 11.8 Å². The van der Waals surface area contributed by atoms with Gasteiger partial charge in [0.25, 0.3) is 0 Å². The summed E-state index contributed by atoms with van der Waals surface area (Å²) < 4.78 is 0. The van der Waals surface area contributed by atoms with E-state index in [4.69, 9.17) is 0 Å². The average Bonchev–Trinajstić information content (AvgIpc) is 2.58. The predicted molar refractivity (Wildman–Crippen MR) is 74.6 cm³/mol. The van der Waals surface area contributed by atoms with Gasteiger partial charge in [0, 0.05) is 10.6 Å². The van der Waals surface area contributed by atoms with Crippen LogP contribution in [0.25, 0.3) is 0 Å². The third kappa shape index (κ3) is 2.16. The van der Waals surface area contributed by atoms with Crippen LogP contribution in [0.15, 0.2) is 29.2 Å². The summed E-state index contributed by atoms with van der Waals surface area (Å²) >= 11 is 1.97. The van der Waals surface area contributed by atoms with Crippen LogP contribution in [0.3, 0.4) is 0 Å². The number of carbonyl (C=O) groups excluding carboxylic acids is 1. The zero-order chi connectivity index (χ0) is 12.4. The van der Waals surface area contributed by atoms with E-state index in [1.54, 1.807) is 0 Å². The quantitative estimate of drug-likeness (QED) is 0.827. The first-order valence-corrected chi connectivity index (χ1v) is 7.80. The van der Waals surface area contributed by atoms with Crippen molar-refractivity contribution in [2.45, 2.75) is 36.6 Å². The van der Waals surface area contributed by atoms with E-state index in [2.05, 4.69) is 29.6 Å². The molecule has 1 aromatic rings. The van der Waals surface area contributed by atoms with E-state index < -0.39 is 0 Å². The standard InChI is InChI=1S/C15H19NOS/c17-10-16-15-12-6-2-1-5-11(12)9-18-14-8-4-3-7-13(14)15/h3-4,7-8,10-12,15H,1-2,5-6,9H2,(H,16,17)/t11-,12-,15+/m0/s1. The zero-order valence-electron chi connectivity index (χ0n) is 10.5. The lowest BCUT2D eigenvalue weighted by Crippen LogP contribution is -2.33. The van der Waals surface area contributed by atoms with E-state index in [-0.39, 0.29) is 6.04 Å². The molecule has 1 aliphatic heterocycles. The first-order valence-electron chi connectivity index (χ1n) is 6.81. The molecule has 2 aliphatic rings. The zero-order valence-corrected chi connectivity index (χ0v) is 11.3. The number of thioether (sulfide) groups is 1. The van der Waals surface area contributed by atoms with Crippen LogP contribution in [-0.4, -0.2) is 12.2 Å². The molecular weight excluding hydrogens is 242 g/mol. The van der Waals surface area contributed by atoms with Crippen molar-refractivity contribution in [1.82, 2.24) is 5.32 Å². The molecule has 0 saturated heterocycles. The van der Waals surface area contributed by atoms with Gasteiger partial charge in [-0.1, -0.05) is 31.0 Å². The molecular formula is C15H19NOS. The fourth-order valence-electron chi connectivity index (χ4n) is 3.47. The van der Waals surface area contributed by atoms with Crippen LogP contribution >= 0.6 is 11.8 Å². The first-order chi connectivity index (χ1) is 8.90. The topological polar surface area (TPSA) is 29.1 Å². The van der Waals surface area contributed by atoms with Crippen LogP contribution in [0.2, 0.25) is 0 Å². The Morgan fingerprint density at radius 1 is 1.22 bits per heavy atom. The molecule has 1 aliphatic carbocycles. The molecule has 1 aromatic carbocycles. The van der Waals surface area contributed by atoms with E-state index in [0.717, 1.165) is 12.3 Å². The van der Waals surface area contributed by atoms with Crippen molar-refractivity contribution in [3.05, 3.63) is 29.8 Å². The van der Waals surface area contributed by atoms with Gasteiger partial charge in [-0.25, -0.2) is 0 Å². The summed E-state index contributed by atoms with van der Waals surface area (Å²) in [6.07, 6.45) is 6.12. The molecule has 1 fully saturated rings. The van der Waals surface area contributed by atoms with Crippen LogP contribution in [-0.2, 0) is 4.79 Å². The number of fused-ring (bicyclic) bond motifs is 2. The SMILES string of the molecule is O=CN[C@H]1c2ccccc2SC[C@@H]2CCCC[C@@H]21. The summed E-state index contributed by atoms with van der Waals surface area (Å²) in [7, 11) is 0. The lowest BCUT2D eigenvalue weighted by atomic mass is 9.74. The Kier molecular flexibility index (Phi) is 3.59. The van der Waals surface area contributed by atoms with Gasteiger partial charge < -0.3 is 5.32 Å². The van der Waals surface area contributed by atoms with Crippen molar-refractivity contribution in [2.75, 3.05) is 5.75 Å². The predicted octanol–water partition coefficient (Wildman–Crippen LogP) is 3.39. The van der Waals surface area contributed by atoms with Crippen molar-refractivity contribution in [3.63, 3.8) is 0 Å². The van der Waals surface area contributed by atoms with Crippen LogP contribution in [0.4, 0.5) is 0 Å². The number of carbonyl (C=O) groups is 1. The molecule has 1 amide bonds. The largest absolute Gasteiger partial charge is 0.352 e. The van der Waals surface area contributed by atoms with Crippen LogP contribution in [0.1, 0.15) is 37.3 Å². The maximum atomic E-state index is 11.0. The molecule has 0 unspecified atom stereocenters. The van der Waals surface area contributed by atoms with Crippen molar-refractivity contribution in [3.8, 4) is 0 Å². The molecule has 1 heterocycles. The van der Waals surface area contributed by atoms with E-state index >= 15 is 0 Å². The maximum Gasteiger partial charge on any atom is 0.207 e. The molecule has 0 aromatic heterocycles. The molecule has 1 N–H and O–H groups in total. The second-order valence-electron chi connectivity index (χ2n) is 5.32.